The van der Waals surface area contributed by atoms with E-state index in [9.17, 15) is 0 Å². The molecular weight excluding hydrogens is 1210 g/mol. The number of nitrogens with zero attached hydrogens (tertiary/aromatic N) is 4. The summed E-state index contributed by atoms with van der Waals surface area (Å²) in [6.45, 7) is 9.49. The minimum Gasteiger partial charge on any atom is -0.435 e. The van der Waals surface area contributed by atoms with Crippen molar-refractivity contribution in [3.8, 4) is 56.3 Å². The maximum Gasteiger partial charge on any atom is 0.227 e. The molecule has 96 heavy (non-hydrogen) atoms. The van der Waals surface area contributed by atoms with Crippen molar-refractivity contribution in [3.05, 3.63) is 301 Å². The van der Waals surface area contributed by atoms with Gasteiger partial charge in [0, 0.05) is 107 Å². The number of hydrogen-bond acceptors (Lipinski definition) is 8. The van der Waals surface area contributed by atoms with Crippen molar-refractivity contribution < 1.29 is 8.83 Å². The van der Waals surface area contributed by atoms with Gasteiger partial charge in [0.25, 0.3) is 0 Å². The maximum absolute atomic E-state index is 6.69. The Balaban J connectivity index is 0.708. The first-order valence-electron chi connectivity index (χ1n) is 32.8. The maximum atomic E-state index is 6.69. The van der Waals surface area contributed by atoms with Gasteiger partial charge in [0.1, 0.15) is 11.0 Å². The van der Waals surface area contributed by atoms with E-state index in [2.05, 4.69) is 280 Å². The summed E-state index contributed by atoms with van der Waals surface area (Å²) < 4.78 is 18.4. The highest BCUT2D eigenvalue weighted by atomic mass is 32.1. The highest BCUT2D eigenvalue weighted by molar-refractivity contribution is 7.26. The molecule has 6 nitrogen and oxygen atoms in total. The highest BCUT2D eigenvalue weighted by Crippen LogP contribution is 2.56. The lowest BCUT2D eigenvalue weighted by molar-refractivity contribution is 0.622. The van der Waals surface area contributed by atoms with E-state index in [0.717, 1.165) is 89.0 Å². The van der Waals surface area contributed by atoms with E-state index in [1.165, 1.54) is 96.0 Å². The Kier molecular flexibility index (Phi) is 11.8. The molecule has 0 amide bonds. The van der Waals surface area contributed by atoms with Crippen molar-refractivity contribution in [2.24, 2.45) is 0 Å². The molecule has 0 saturated heterocycles. The van der Waals surface area contributed by atoms with Crippen molar-refractivity contribution in [2.75, 3.05) is 9.80 Å². The molecule has 4 heterocycles. The van der Waals surface area contributed by atoms with Gasteiger partial charge in [-0.3, -0.25) is 0 Å². The molecule has 0 atom stereocenters. The zero-order valence-corrected chi connectivity index (χ0v) is 54.6. The van der Waals surface area contributed by atoms with Crippen LogP contribution in [0.3, 0.4) is 0 Å². The van der Waals surface area contributed by atoms with Crippen LogP contribution < -0.4 is 9.80 Å². The second-order valence-electron chi connectivity index (χ2n) is 26.8. The molecule has 2 aliphatic rings. The molecule has 0 N–H and O–H groups in total. The predicted molar refractivity (Wildman–Crippen MR) is 403 cm³/mol. The molecule has 20 rings (SSSR count). The first-order chi connectivity index (χ1) is 47.1. The second kappa shape index (κ2) is 20.5. The lowest BCUT2D eigenvalue weighted by Crippen LogP contribution is -2.15. The normalized spacial score (nSPS) is 13.6. The van der Waals surface area contributed by atoms with E-state index in [0.29, 0.717) is 11.8 Å². The number of rotatable bonds is 9. The van der Waals surface area contributed by atoms with Crippen molar-refractivity contribution in [1.29, 1.82) is 0 Å². The van der Waals surface area contributed by atoms with Crippen LogP contribution in [0.1, 0.15) is 49.9 Å². The monoisotopic (exact) mass is 1270 g/mol. The third kappa shape index (κ3) is 8.16. The summed E-state index contributed by atoms with van der Waals surface area (Å²) in [7, 11) is 0. The Morgan fingerprint density at radius 2 is 0.771 bits per heavy atom. The van der Waals surface area contributed by atoms with Gasteiger partial charge in [-0.15, -0.1) is 22.7 Å². The number of anilines is 6. The fraction of sp³-hybridized carbons (Fsp3) is 0.0682. The molecule has 0 spiro atoms. The topological polar surface area (TPSA) is 58.5 Å². The van der Waals surface area contributed by atoms with Crippen LogP contribution in [-0.2, 0) is 10.8 Å². The lowest BCUT2D eigenvalue weighted by atomic mass is 9.81. The molecule has 454 valence electrons. The van der Waals surface area contributed by atoms with Crippen LogP contribution in [0.5, 0.6) is 0 Å². The Morgan fingerprint density at radius 3 is 1.44 bits per heavy atom. The van der Waals surface area contributed by atoms with Crippen LogP contribution in [0.2, 0.25) is 0 Å². The lowest BCUT2D eigenvalue weighted by Gasteiger charge is -2.28. The van der Waals surface area contributed by atoms with Gasteiger partial charge < -0.3 is 18.6 Å². The van der Waals surface area contributed by atoms with Gasteiger partial charge in [-0.2, -0.15) is 0 Å². The summed E-state index contributed by atoms with van der Waals surface area (Å²) in [4.78, 5) is 14.9. The van der Waals surface area contributed by atoms with Gasteiger partial charge in [0.2, 0.25) is 11.8 Å². The number of oxazole rings is 2. The zero-order valence-electron chi connectivity index (χ0n) is 53.0. The highest BCUT2D eigenvalue weighted by Gasteiger charge is 2.38. The van der Waals surface area contributed by atoms with Gasteiger partial charge in [-0.05, 0) is 183 Å². The molecule has 4 aromatic heterocycles. The average molecular weight is 1270 g/mol. The fourth-order valence-corrected chi connectivity index (χ4v) is 18.4. The summed E-state index contributed by atoms with van der Waals surface area (Å²) in [5.41, 5.74) is 24.0. The van der Waals surface area contributed by atoms with Crippen molar-refractivity contribution in [2.45, 2.75) is 38.5 Å². The molecule has 0 saturated carbocycles. The van der Waals surface area contributed by atoms with Crippen molar-refractivity contribution in [3.63, 3.8) is 0 Å². The summed E-state index contributed by atoms with van der Waals surface area (Å²) in [6.07, 6.45) is 0. The molecule has 2 aliphatic carbocycles. The number of hydrogen-bond donors (Lipinski definition) is 0. The van der Waals surface area contributed by atoms with Gasteiger partial charge in [-0.25, -0.2) is 9.97 Å². The first kappa shape index (κ1) is 55.1. The van der Waals surface area contributed by atoms with Crippen molar-refractivity contribution >= 4 is 141 Å². The van der Waals surface area contributed by atoms with Gasteiger partial charge in [-0.1, -0.05) is 179 Å². The van der Waals surface area contributed by atoms with E-state index in [1.54, 1.807) is 0 Å². The minimum atomic E-state index is -0.279. The Labute approximate surface area is 561 Å². The molecule has 0 unspecified atom stereocenters. The van der Waals surface area contributed by atoms with E-state index < -0.39 is 0 Å². The fourth-order valence-electron chi connectivity index (χ4n) is 16.0. The van der Waals surface area contributed by atoms with Gasteiger partial charge in [0.15, 0.2) is 11.2 Å². The first-order valence-corrected chi connectivity index (χ1v) is 34.5. The summed E-state index contributed by atoms with van der Waals surface area (Å²) in [5, 5.41) is 9.21. The second-order valence-corrected chi connectivity index (χ2v) is 28.9. The van der Waals surface area contributed by atoms with Crippen LogP contribution in [0.15, 0.2) is 288 Å². The zero-order chi connectivity index (χ0) is 63.7. The smallest absolute Gasteiger partial charge is 0.227 e. The number of fused-ring (bicyclic) bond motifs is 18. The third-order valence-corrected chi connectivity index (χ3v) is 23.1. The molecule has 0 radical (unpaired) electrons. The number of aromatic nitrogens is 2. The minimum absolute atomic E-state index is 0.126. The molecule has 0 aliphatic heterocycles. The quantitative estimate of drug-likeness (QED) is 0.144. The summed E-state index contributed by atoms with van der Waals surface area (Å²) in [6, 6.07) is 102. The van der Waals surface area contributed by atoms with Crippen LogP contribution in [0.25, 0.3) is 140 Å². The SMILES string of the molecule is CC1(C)c2ccccc2-c2cc(N(c3ccc4c(c3)sc3c(-c5ccc6c(c5)C(C)(C)c5ccc(N(c7ccc8sc9ccccc9c8c7)c7cccc8c7ccc7nc(-c9ccccc9)oc78)cc5-6)cccc34)c3cccc4c3ccc3nc(-c5ccccc5)oc34)ccc21. The van der Waals surface area contributed by atoms with E-state index >= 15 is 0 Å². The largest absolute Gasteiger partial charge is 0.435 e. The average Bonchev–Trinajstić information content (AvgIpc) is 1.53. The number of benzene rings is 14. The summed E-state index contributed by atoms with van der Waals surface area (Å²) in [5.74, 6) is 1.23. The van der Waals surface area contributed by atoms with Gasteiger partial charge in [0.05, 0.1) is 11.4 Å². The number of thiophene rings is 2. The molecule has 0 bridgehead atoms. The van der Waals surface area contributed by atoms with E-state index in [4.69, 9.17) is 18.8 Å². The molecule has 18 aromatic rings. The van der Waals surface area contributed by atoms with E-state index in [1.807, 2.05) is 59.1 Å². The van der Waals surface area contributed by atoms with Crippen LogP contribution in [0.4, 0.5) is 34.1 Å². The predicted octanol–water partition coefficient (Wildman–Crippen LogP) is 25.6. The molecule has 8 heteroatoms. The Morgan fingerprint density at radius 1 is 0.292 bits per heavy atom. The molecule has 14 aromatic carbocycles. The summed E-state index contributed by atoms with van der Waals surface area (Å²) >= 11 is 3.73. The van der Waals surface area contributed by atoms with Gasteiger partial charge >= 0.3 is 0 Å². The van der Waals surface area contributed by atoms with Crippen LogP contribution in [-0.4, -0.2) is 9.97 Å². The standard InChI is InChI=1S/C88H58N4O2S2/c1-87(2)71-28-13-11-22-59(71)68-47-55(34-41-72(68)87)92(78-30-17-26-66-62(78)40-44-76-83(66)94-86(90-76)52-20-9-6-10-21-52)57-33-38-64-67-27-15-24-58(84(67)96-81(64)50-57)53-32-37-60-69-48-54(35-42-73(69)88(3,4)74(60)46-53)91(56-36-45-80-70(49-56)63-23-12-14-31-79(63)95-80)77-29-16-25-65-61(77)39-43-75-82(65)93-85(89-75)51-18-7-5-8-19-51/h5-50H,1-4H3. The Bertz CT molecular complexity index is 6310. The third-order valence-electron chi connectivity index (χ3n) is 20.7. The van der Waals surface area contributed by atoms with Crippen LogP contribution in [0, 0.1) is 0 Å². The van der Waals surface area contributed by atoms with Crippen molar-refractivity contribution in [1.82, 2.24) is 9.97 Å². The Hall–Kier alpha value is -11.4. The molecule has 0 fully saturated rings. The molecular formula is C88H58N4O2S2. The van der Waals surface area contributed by atoms with Crippen LogP contribution >= 0.6 is 22.7 Å². The van der Waals surface area contributed by atoms with E-state index in [-0.39, 0.29) is 10.8 Å².